The lowest BCUT2D eigenvalue weighted by Crippen LogP contribution is -2.15. The fraction of sp³-hybridized carbons (Fsp3) is 0.118. The molecule has 0 aromatic heterocycles. The minimum Gasteiger partial charge on any atom is -0.369 e. The van der Waals surface area contributed by atoms with Crippen LogP contribution < -0.4 is 5.73 Å². The minimum atomic E-state index is -0.344. The summed E-state index contributed by atoms with van der Waals surface area (Å²) < 4.78 is 0. The van der Waals surface area contributed by atoms with Gasteiger partial charge in [-0.2, -0.15) is 0 Å². The molecular weight excluding hydrogens is 294 g/mol. The summed E-state index contributed by atoms with van der Waals surface area (Å²) in [5, 5.41) is 0.853. The van der Waals surface area contributed by atoms with Crippen LogP contribution in [0.4, 0.5) is 11.4 Å². The van der Waals surface area contributed by atoms with Gasteiger partial charge >= 0.3 is 0 Å². The number of aliphatic imine (C=N–C) groups is 2. The third-order valence-corrected chi connectivity index (χ3v) is 4.19. The van der Waals surface area contributed by atoms with Crippen molar-refractivity contribution < 1.29 is 4.79 Å². The van der Waals surface area contributed by atoms with E-state index in [2.05, 4.69) is 4.99 Å². The monoisotopic (exact) mass is 309 g/mol. The highest BCUT2D eigenvalue weighted by molar-refractivity contribution is 8.14. The molecule has 110 valence electrons. The molecule has 2 N–H and O–H groups in total. The van der Waals surface area contributed by atoms with Gasteiger partial charge in [-0.1, -0.05) is 42.5 Å². The van der Waals surface area contributed by atoms with E-state index < -0.39 is 0 Å². The van der Waals surface area contributed by atoms with E-state index in [0.29, 0.717) is 6.42 Å². The van der Waals surface area contributed by atoms with Crippen molar-refractivity contribution in [3.8, 4) is 0 Å². The molecule has 2 aromatic carbocycles. The number of hydrogen-bond donors (Lipinski definition) is 1. The molecule has 0 fully saturated rings. The SMILES string of the molecule is NC(=O)CSC1=Nc2ccccc2N=C(c2ccccc2)C1. The van der Waals surface area contributed by atoms with Gasteiger partial charge in [0.1, 0.15) is 0 Å². The van der Waals surface area contributed by atoms with Gasteiger partial charge in [-0.3, -0.25) is 9.79 Å². The van der Waals surface area contributed by atoms with Crippen LogP contribution >= 0.6 is 11.8 Å². The first-order valence-electron chi connectivity index (χ1n) is 6.93. The molecule has 0 atom stereocenters. The molecular formula is C17H15N3OS. The number of para-hydroxylation sites is 2. The van der Waals surface area contributed by atoms with Crippen LogP contribution in [0.25, 0.3) is 0 Å². The number of nitrogens with two attached hydrogens (primary N) is 1. The molecule has 0 saturated carbocycles. The van der Waals surface area contributed by atoms with Crippen molar-refractivity contribution in [1.82, 2.24) is 0 Å². The van der Waals surface area contributed by atoms with Gasteiger partial charge in [0.2, 0.25) is 5.91 Å². The number of carbonyl (C=O) groups excluding carboxylic acids is 1. The van der Waals surface area contributed by atoms with Crippen molar-refractivity contribution >= 4 is 39.8 Å². The van der Waals surface area contributed by atoms with Crippen molar-refractivity contribution in [2.75, 3.05) is 5.75 Å². The number of benzene rings is 2. The molecule has 2 aromatic rings. The Hall–Kier alpha value is -2.40. The first kappa shape index (κ1) is 14.5. The summed E-state index contributed by atoms with van der Waals surface area (Å²) in [6.07, 6.45) is 0.594. The van der Waals surface area contributed by atoms with E-state index in [1.807, 2.05) is 54.6 Å². The van der Waals surface area contributed by atoms with Crippen LogP contribution in [0.2, 0.25) is 0 Å². The molecule has 0 aliphatic carbocycles. The van der Waals surface area contributed by atoms with Crippen LogP contribution in [0.3, 0.4) is 0 Å². The lowest BCUT2D eigenvalue weighted by atomic mass is 10.1. The van der Waals surface area contributed by atoms with E-state index in [1.54, 1.807) is 0 Å². The molecule has 0 spiro atoms. The summed E-state index contributed by atoms with van der Waals surface area (Å²) in [5.74, 6) is -0.119. The highest BCUT2D eigenvalue weighted by Gasteiger charge is 2.15. The zero-order chi connectivity index (χ0) is 15.4. The first-order valence-corrected chi connectivity index (χ1v) is 7.91. The average Bonchev–Trinajstić information content (AvgIpc) is 2.73. The summed E-state index contributed by atoms with van der Waals surface area (Å²) >= 11 is 1.38. The number of carbonyl (C=O) groups is 1. The quantitative estimate of drug-likeness (QED) is 0.943. The second kappa shape index (κ2) is 6.58. The van der Waals surface area contributed by atoms with E-state index in [0.717, 1.165) is 27.7 Å². The second-order valence-electron chi connectivity index (χ2n) is 4.85. The van der Waals surface area contributed by atoms with E-state index in [4.69, 9.17) is 10.7 Å². The molecule has 0 saturated heterocycles. The summed E-state index contributed by atoms with van der Waals surface area (Å²) in [4.78, 5) is 20.4. The number of nitrogens with zero attached hydrogens (tertiary/aromatic N) is 2. The summed E-state index contributed by atoms with van der Waals surface area (Å²) in [5.41, 5.74) is 8.91. The van der Waals surface area contributed by atoms with Crippen molar-refractivity contribution in [2.24, 2.45) is 15.7 Å². The lowest BCUT2D eigenvalue weighted by molar-refractivity contribution is -0.115. The summed E-state index contributed by atoms with van der Waals surface area (Å²) in [6, 6.07) is 17.8. The molecule has 0 unspecified atom stereocenters. The van der Waals surface area contributed by atoms with Crippen LogP contribution in [-0.4, -0.2) is 22.4 Å². The predicted molar refractivity (Wildman–Crippen MR) is 92.4 cm³/mol. The van der Waals surface area contributed by atoms with E-state index in [9.17, 15) is 4.79 Å². The van der Waals surface area contributed by atoms with Gasteiger partial charge in [-0.05, 0) is 17.7 Å². The van der Waals surface area contributed by atoms with Gasteiger partial charge in [0.15, 0.2) is 0 Å². The number of fused-ring (bicyclic) bond motifs is 1. The van der Waals surface area contributed by atoms with Crippen molar-refractivity contribution in [2.45, 2.75) is 6.42 Å². The van der Waals surface area contributed by atoms with Crippen LogP contribution in [0.1, 0.15) is 12.0 Å². The fourth-order valence-electron chi connectivity index (χ4n) is 2.19. The molecule has 1 aliphatic heterocycles. The van der Waals surface area contributed by atoms with Crippen molar-refractivity contribution in [3.63, 3.8) is 0 Å². The normalized spacial score (nSPS) is 13.6. The topological polar surface area (TPSA) is 67.8 Å². The van der Waals surface area contributed by atoms with Crippen molar-refractivity contribution in [3.05, 3.63) is 60.2 Å². The van der Waals surface area contributed by atoms with Gasteiger partial charge in [0.25, 0.3) is 0 Å². The zero-order valence-corrected chi connectivity index (χ0v) is 12.7. The van der Waals surface area contributed by atoms with E-state index in [-0.39, 0.29) is 11.7 Å². The third-order valence-electron chi connectivity index (χ3n) is 3.19. The van der Waals surface area contributed by atoms with Crippen LogP contribution in [0, 0.1) is 0 Å². The molecule has 5 heteroatoms. The average molecular weight is 309 g/mol. The molecule has 1 amide bonds. The largest absolute Gasteiger partial charge is 0.369 e. The number of primary amides is 1. The maximum Gasteiger partial charge on any atom is 0.227 e. The molecule has 4 nitrogen and oxygen atoms in total. The maximum atomic E-state index is 11.0. The summed E-state index contributed by atoms with van der Waals surface area (Å²) in [6.45, 7) is 0. The van der Waals surface area contributed by atoms with Crippen LogP contribution in [0.5, 0.6) is 0 Å². The highest BCUT2D eigenvalue weighted by Crippen LogP contribution is 2.33. The third kappa shape index (κ3) is 3.43. The minimum absolute atomic E-state index is 0.225. The van der Waals surface area contributed by atoms with Gasteiger partial charge in [0, 0.05) is 6.42 Å². The lowest BCUT2D eigenvalue weighted by Gasteiger charge is -2.06. The standard InChI is InChI=1S/C17H15N3OS/c18-16(21)11-22-17-10-15(12-6-2-1-3-7-12)19-13-8-4-5-9-14(13)20-17/h1-9H,10-11H2,(H2,18,21). The molecule has 22 heavy (non-hydrogen) atoms. The Morgan fingerprint density at radius 3 is 2.32 bits per heavy atom. The number of hydrogen-bond acceptors (Lipinski definition) is 4. The molecule has 1 heterocycles. The Bertz CT molecular complexity index is 754. The van der Waals surface area contributed by atoms with Crippen LogP contribution in [0.15, 0.2) is 64.6 Å². The summed E-state index contributed by atoms with van der Waals surface area (Å²) in [7, 11) is 0. The number of thioether (sulfide) groups is 1. The van der Waals surface area contributed by atoms with Gasteiger partial charge < -0.3 is 5.73 Å². The maximum absolute atomic E-state index is 11.0. The zero-order valence-electron chi connectivity index (χ0n) is 11.9. The molecule has 0 radical (unpaired) electrons. The Morgan fingerprint density at radius 1 is 1.00 bits per heavy atom. The predicted octanol–water partition coefficient (Wildman–Crippen LogP) is 3.46. The van der Waals surface area contributed by atoms with Gasteiger partial charge in [0.05, 0.1) is 27.9 Å². The Morgan fingerprint density at radius 2 is 1.64 bits per heavy atom. The second-order valence-corrected chi connectivity index (χ2v) is 5.90. The molecule has 3 rings (SSSR count). The van der Waals surface area contributed by atoms with E-state index in [1.165, 1.54) is 11.8 Å². The van der Waals surface area contributed by atoms with E-state index >= 15 is 0 Å². The highest BCUT2D eigenvalue weighted by atomic mass is 32.2. The first-order chi connectivity index (χ1) is 10.7. The number of rotatable bonds is 3. The fourth-order valence-corrected chi connectivity index (χ4v) is 2.90. The van der Waals surface area contributed by atoms with Gasteiger partial charge in [-0.25, -0.2) is 4.99 Å². The molecule has 1 aliphatic rings. The Balaban J connectivity index is 2.00. The number of amides is 1. The Labute approximate surface area is 133 Å². The molecule has 0 bridgehead atoms. The van der Waals surface area contributed by atoms with Gasteiger partial charge in [-0.15, -0.1) is 11.8 Å². The van der Waals surface area contributed by atoms with Crippen molar-refractivity contribution in [1.29, 1.82) is 0 Å². The smallest absolute Gasteiger partial charge is 0.227 e. The Kier molecular flexibility index (Phi) is 4.34. The van der Waals surface area contributed by atoms with Crippen LogP contribution in [-0.2, 0) is 4.79 Å².